The van der Waals surface area contributed by atoms with Gasteiger partial charge in [0.05, 0.1) is 29.7 Å². The van der Waals surface area contributed by atoms with E-state index >= 15 is 0 Å². The molecule has 0 atom stereocenters. The van der Waals surface area contributed by atoms with Crippen LogP contribution in [0, 0.1) is 5.41 Å². The number of anilines is 2. The van der Waals surface area contributed by atoms with Crippen molar-refractivity contribution in [2.45, 2.75) is 27.2 Å². The van der Waals surface area contributed by atoms with Crippen molar-refractivity contribution in [1.29, 1.82) is 0 Å². The second-order valence-corrected chi connectivity index (χ2v) is 9.01. The van der Waals surface area contributed by atoms with E-state index in [2.05, 4.69) is 5.32 Å². The minimum absolute atomic E-state index is 0.101. The lowest BCUT2D eigenvalue weighted by Crippen LogP contribution is -2.28. The molecule has 0 radical (unpaired) electrons. The number of rotatable bonds is 5. The Kier molecular flexibility index (Phi) is 5.80. The van der Waals surface area contributed by atoms with E-state index < -0.39 is 33.9 Å². The van der Waals surface area contributed by atoms with E-state index in [9.17, 15) is 18.0 Å². The number of amides is 1. The normalized spacial score (nSPS) is 16.2. The van der Waals surface area contributed by atoms with Gasteiger partial charge in [0.25, 0.3) is 5.91 Å². The smallest absolute Gasteiger partial charge is 0.311 e. The van der Waals surface area contributed by atoms with E-state index in [0.29, 0.717) is 30.1 Å². The highest BCUT2D eigenvalue weighted by atomic mass is 32.2. The van der Waals surface area contributed by atoms with Gasteiger partial charge < -0.3 is 14.8 Å². The van der Waals surface area contributed by atoms with Gasteiger partial charge in [-0.2, -0.15) is 0 Å². The van der Waals surface area contributed by atoms with Crippen LogP contribution in [0.1, 0.15) is 27.2 Å². The largest absolute Gasteiger partial charge is 0.495 e. The van der Waals surface area contributed by atoms with Gasteiger partial charge in [-0.15, -0.1) is 0 Å². The molecule has 1 heterocycles. The molecule has 1 aliphatic heterocycles. The number of methoxy groups -OCH3 is 1. The van der Waals surface area contributed by atoms with Crippen LogP contribution < -0.4 is 14.4 Å². The molecule has 0 unspecified atom stereocenters. The van der Waals surface area contributed by atoms with Crippen LogP contribution in [0.5, 0.6) is 5.75 Å². The maximum Gasteiger partial charge on any atom is 0.311 e. The Hall–Kier alpha value is -2.29. The first-order valence-corrected chi connectivity index (χ1v) is 9.81. The molecule has 1 amide bonds. The molecule has 1 N–H and O–H groups in total. The number of carbonyl (C=O) groups is 2. The van der Waals surface area contributed by atoms with Gasteiger partial charge in [-0.25, -0.2) is 8.42 Å². The molecule has 26 heavy (non-hydrogen) atoms. The molecule has 1 fully saturated rings. The zero-order valence-corrected chi connectivity index (χ0v) is 16.2. The third-order valence-corrected chi connectivity index (χ3v) is 5.66. The fourth-order valence-corrected chi connectivity index (χ4v) is 3.97. The van der Waals surface area contributed by atoms with Crippen LogP contribution in [-0.4, -0.2) is 46.3 Å². The lowest BCUT2D eigenvalue weighted by atomic mass is 9.97. The maximum atomic E-state index is 12.1. The Labute approximate surface area is 153 Å². The summed E-state index contributed by atoms with van der Waals surface area (Å²) in [7, 11) is -1.89. The number of hydrogen-bond donors (Lipinski definition) is 1. The third kappa shape index (κ3) is 4.66. The highest BCUT2D eigenvalue weighted by Crippen LogP contribution is 2.32. The van der Waals surface area contributed by atoms with Crippen molar-refractivity contribution in [2.75, 3.05) is 35.6 Å². The van der Waals surface area contributed by atoms with Gasteiger partial charge in [0.15, 0.2) is 6.61 Å². The monoisotopic (exact) mass is 384 g/mol. The zero-order valence-electron chi connectivity index (χ0n) is 15.4. The number of nitrogens with one attached hydrogen (secondary N) is 1. The molecule has 0 aliphatic carbocycles. The van der Waals surface area contributed by atoms with E-state index in [1.165, 1.54) is 17.5 Å². The van der Waals surface area contributed by atoms with Crippen molar-refractivity contribution < 1.29 is 27.5 Å². The second kappa shape index (κ2) is 7.53. The summed E-state index contributed by atoms with van der Waals surface area (Å²) in [5.41, 5.74) is 0.0522. The van der Waals surface area contributed by atoms with Gasteiger partial charge in [-0.05, 0) is 45.4 Å². The summed E-state index contributed by atoms with van der Waals surface area (Å²) in [5.74, 6) is -0.552. The molecule has 0 aromatic heterocycles. The Morgan fingerprint density at radius 1 is 1.27 bits per heavy atom. The van der Waals surface area contributed by atoms with Crippen LogP contribution in [-0.2, 0) is 24.3 Å². The average Bonchev–Trinajstić information content (AvgIpc) is 2.90. The molecular weight excluding hydrogens is 360 g/mol. The Balaban J connectivity index is 2.14. The molecule has 2 rings (SSSR count). The van der Waals surface area contributed by atoms with Crippen LogP contribution >= 0.6 is 0 Å². The first-order valence-electron chi connectivity index (χ1n) is 8.20. The van der Waals surface area contributed by atoms with E-state index in [4.69, 9.17) is 9.47 Å². The van der Waals surface area contributed by atoms with Crippen LogP contribution in [0.3, 0.4) is 0 Å². The van der Waals surface area contributed by atoms with Crippen LogP contribution in [0.2, 0.25) is 0 Å². The quantitative estimate of drug-likeness (QED) is 0.776. The summed E-state index contributed by atoms with van der Waals surface area (Å²) >= 11 is 0. The van der Waals surface area contributed by atoms with E-state index in [1.807, 2.05) is 0 Å². The Bertz CT molecular complexity index is 798. The number of hydrogen-bond acceptors (Lipinski definition) is 6. The summed E-state index contributed by atoms with van der Waals surface area (Å²) in [6, 6.07) is 4.74. The summed E-state index contributed by atoms with van der Waals surface area (Å²) in [6.45, 7) is 5.03. The molecule has 0 spiro atoms. The van der Waals surface area contributed by atoms with Crippen molar-refractivity contribution >= 4 is 33.3 Å². The van der Waals surface area contributed by atoms with E-state index in [1.54, 1.807) is 32.9 Å². The number of nitrogens with zero attached hydrogens (tertiary/aromatic N) is 1. The highest BCUT2D eigenvalue weighted by molar-refractivity contribution is 7.93. The number of sulfonamides is 1. The van der Waals surface area contributed by atoms with Gasteiger partial charge in [-0.1, -0.05) is 0 Å². The molecule has 1 aromatic rings. The summed E-state index contributed by atoms with van der Waals surface area (Å²) in [6.07, 6.45) is 0.554. The Morgan fingerprint density at radius 2 is 1.96 bits per heavy atom. The van der Waals surface area contributed by atoms with Crippen molar-refractivity contribution in [3.63, 3.8) is 0 Å². The van der Waals surface area contributed by atoms with Gasteiger partial charge in [-0.3, -0.25) is 13.9 Å². The van der Waals surface area contributed by atoms with E-state index in [-0.39, 0.29) is 5.75 Å². The minimum atomic E-state index is -3.33. The lowest BCUT2D eigenvalue weighted by Gasteiger charge is -2.20. The predicted octanol–water partition coefficient (Wildman–Crippen LogP) is 1.76. The fourth-order valence-electron chi connectivity index (χ4n) is 2.41. The van der Waals surface area contributed by atoms with Gasteiger partial charge in [0.1, 0.15) is 5.75 Å². The van der Waals surface area contributed by atoms with Crippen molar-refractivity contribution in [2.24, 2.45) is 5.41 Å². The molecule has 1 aliphatic rings. The molecule has 144 valence electrons. The fraction of sp³-hybridized carbons (Fsp3) is 0.529. The SMILES string of the molecule is COc1ccc(N2CCCS2(=O)=O)cc1NC(=O)COC(=O)C(C)(C)C. The lowest BCUT2D eigenvalue weighted by molar-refractivity contribution is -0.155. The third-order valence-electron chi connectivity index (χ3n) is 3.79. The molecule has 9 heteroatoms. The first kappa shape index (κ1) is 20.0. The first-order chi connectivity index (χ1) is 12.0. The topological polar surface area (TPSA) is 102 Å². The number of ether oxygens (including phenoxy) is 2. The highest BCUT2D eigenvalue weighted by Gasteiger charge is 2.29. The summed E-state index contributed by atoms with van der Waals surface area (Å²) in [4.78, 5) is 23.8. The molecule has 1 saturated heterocycles. The van der Waals surface area contributed by atoms with Crippen LogP contribution in [0.15, 0.2) is 18.2 Å². The molecule has 0 saturated carbocycles. The molecule has 0 bridgehead atoms. The molecule has 8 nitrogen and oxygen atoms in total. The van der Waals surface area contributed by atoms with Gasteiger partial charge in [0.2, 0.25) is 10.0 Å². The van der Waals surface area contributed by atoms with Crippen LogP contribution in [0.4, 0.5) is 11.4 Å². The van der Waals surface area contributed by atoms with Crippen molar-refractivity contribution in [1.82, 2.24) is 0 Å². The standard InChI is InChI=1S/C17H24N2O6S/c1-17(2,3)16(21)25-11-15(20)18-13-10-12(6-7-14(13)24-4)19-8-5-9-26(19,22)23/h6-7,10H,5,8-9,11H2,1-4H3,(H,18,20). The van der Waals surface area contributed by atoms with Crippen LogP contribution in [0.25, 0.3) is 0 Å². The average molecular weight is 384 g/mol. The second-order valence-electron chi connectivity index (χ2n) is 7.00. The number of benzene rings is 1. The molecule has 1 aromatic carbocycles. The molecular formula is C17H24N2O6S. The predicted molar refractivity (Wildman–Crippen MR) is 97.8 cm³/mol. The minimum Gasteiger partial charge on any atom is -0.495 e. The maximum absolute atomic E-state index is 12.1. The van der Waals surface area contributed by atoms with Gasteiger partial charge in [0, 0.05) is 6.54 Å². The van der Waals surface area contributed by atoms with E-state index in [0.717, 1.165) is 0 Å². The number of carbonyl (C=O) groups excluding carboxylic acids is 2. The zero-order chi connectivity index (χ0) is 19.5. The summed E-state index contributed by atoms with van der Waals surface area (Å²) < 4.78 is 35.6. The summed E-state index contributed by atoms with van der Waals surface area (Å²) in [5, 5.41) is 2.60. The van der Waals surface area contributed by atoms with Crippen molar-refractivity contribution in [3.05, 3.63) is 18.2 Å². The van der Waals surface area contributed by atoms with Gasteiger partial charge >= 0.3 is 5.97 Å². The number of esters is 1. The Morgan fingerprint density at radius 3 is 2.50 bits per heavy atom. The van der Waals surface area contributed by atoms with Crippen molar-refractivity contribution in [3.8, 4) is 5.75 Å².